The van der Waals surface area contributed by atoms with Crippen molar-refractivity contribution >= 4 is 16.7 Å². The zero-order valence-electron chi connectivity index (χ0n) is 8.88. The summed E-state index contributed by atoms with van der Waals surface area (Å²) in [4.78, 5) is 7.53. The molecule has 0 unspecified atom stereocenters. The summed E-state index contributed by atoms with van der Waals surface area (Å²) in [5, 5.41) is 8.01. The van der Waals surface area contributed by atoms with Crippen LogP contribution < -0.4 is 0 Å². The molecule has 82 valence electrons. The second-order valence-electron chi connectivity index (χ2n) is 3.94. The molecule has 17 heavy (non-hydrogen) atoms. The van der Waals surface area contributed by atoms with Crippen LogP contribution in [0.3, 0.4) is 0 Å². The number of nitrogens with zero attached hydrogens (tertiary/aromatic N) is 3. The third-order valence-corrected chi connectivity index (χ3v) is 3.00. The molecule has 0 saturated carbocycles. The highest BCUT2D eigenvalue weighted by atomic mass is 15.3. The summed E-state index contributed by atoms with van der Waals surface area (Å²) in [7, 11) is 0. The zero-order chi connectivity index (χ0) is 11.2. The van der Waals surface area contributed by atoms with Crippen LogP contribution in [0.4, 0.5) is 0 Å². The Hall–Kier alpha value is -2.56. The second-order valence-corrected chi connectivity index (χ2v) is 3.94. The van der Waals surface area contributed by atoms with Gasteiger partial charge in [0.2, 0.25) is 5.78 Å². The zero-order valence-corrected chi connectivity index (χ0v) is 8.88. The van der Waals surface area contributed by atoms with Crippen molar-refractivity contribution in [2.45, 2.75) is 0 Å². The minimum atomic E-state index is 0.755. The van der Waals surface area contributed by atoms with Gasteiger partial charge in [-0.2, -0.15) is 5.10 Å². The SMILES string of the molecule is c1ccc2c(-c3cnc4[nH]ncn34)c[nH]c2c1. The third kappa shape index (κ3) is 1.08. The Morgan fingerprint density at radius 3 is 3.12 bits per heavy atom. The number of H-pyrrole nitrogens is 2. The van der Waals surface area contributed by atoms with E-state index in [4.69, 9.17) is 0 Å². The van der Waals surface area contributed by atoms with Crippen LogP contribution in [0.25, 0.3) is 27.9 Å². The highest BCUT2D eigenvalue weighted by Crippen LogP contribution is 2.28. The number of hydrogen-bond acceptors (Lipinski definition) is 2. The fourth-order valence-electron chi connectivity index (χ4n) is 2.19. The molecule has 1 aromatic carbocycles. The van der Waals surface area contributed by atoms with Crippen molar-refractivity contribution in [2.75, 3.05) is 0 Å². The van der Waals surface area contributed by atoms with Crippen LogP contribution in [0.5, 0.6) is 0 Å². The quantitative estimate of drug-likeness (QED) is 0.519. The van der Waals surface area contributed by atoms with E-state index in [1.54, 1.807) is 6.33 Å². The summed E-state index contributed by atoms with van der Waals surface area (Å²) in [6, 6.07) is 8.22. The number of imidazole rings is 1. The lowest BCUT2D eigenvalue weighted by molar-refractivity contribution is 1.09. The Morgan fingerprint density at radius 2 is 2.12 bits per heavy atom. The molecule has 4 aromatic rings. The minimum absolute atomic E-state index is 0.755. The predicted octanol–water partition coefficient (Wildman–Crippen LogP) is 2.21. The molecule has 0 saturated heterocycles. The van der Waals surface area contributed by atoms with Gasteiger partial charge in [0.25, 0.3) is 0 Å². The monoisotopic (exact) mass is 223 g/mol. The van der Waals surface area contributed by atoms with Crippen LogP contribution in [0.2, 0.25) is 0 Å². The lowest BCUT2D eigenvalue weighted by Crippen LogP contribution is -1.81. The molecule has 4 rings (SSSR count). The molecule has 0 fully saturated rings. The number of hydrogen-bond donors (Lipinski definition) is 2. The first kappa shape index (κ1) is 8.58. The molecular formula is C12H9N5. The number of aromatic nitrogens is 5. The lowest BCUT2D eigenvalue weighted by atomic mass is 10.1. The molecule has 0 amide bonds. The third-order valence-electron chi connectivity index (χ3n) is 3.00. The topological polar surface area (TPSA) is 61.8 Å². The van der Waals surface area contributed by atoms with Gasteiger partial charge in [-0.3, -0.25) is 4.40 Å². The number of para-hydroxylation sites is 1. The van der Waals surface area contributed by atoms with Crippen molar-refractivity contribution in [3.8, 4) is 11.3 Å². The molecule has 0 aliphatic heterocycles. The summed E-state index contributed by atoms with van der Waals surface area (Å²) in [5.41, 5.74) is 3.29. The van der Waals surface area contributed by atoms with Crippen molar-refractivity contribution in [3.63, 3.8) is 0 Å². The van der Waals surface area contributed by atoms with E-state index in [1.165, 1.54) is 5.39 Å². The Bertz CT molecular complexity index is 804. The Morgan fingerprint density at radius 1 is 1.18 bits per heavy atom. The van der Waals surface area contributed by atoms with Crippen LogP contribution in [0.1, 0.15) is 0 Å². The van der Waals surface area contributed by atoms with E-state index in [0.29, 0.717) is 0 Å². The number of rotatable bonds is 1. The molecule has 0 aliphatic carbocycles. The molecule has 0 aliphatic rings. The molecule has 3 aromatic heterocycles. The van der Waals surface area contributed by atoms with E-state index in [9.17, 15) is 0 Å². The van der Waals surface area contributed by atoms with Crippen molar-refractivity contribution in [1.29, 1.82) is 0 Å². The number of fused-ring (bicyclic) bond motifs is 2. The number of aromatic amines is 2. The van der Waals surface area contributed by atoms with E-state index in [-0.39, 0.29) is 0 Å². The van der Waals surface area contributed by atoms with Crippen LogP contribution >= 0.6 is 0 Å². The maximum Gasteiger partial charge on any atom is 0.229 e. The van der Waals surface area contributed by atoms with Gasteiger partial charge in [-0.15, -0.1) is 0 Å². The molecule has 0 bridgehead atoms. The van der Waals surface area contributed by atoms with Gasteiger partial charge in [0.1, 0.15) is 6.33 Å². The highest BCUT2D eigenvalue weighted by molar-refractivity contribution is 5.94. The summed E-state index contributed by atoms with van der Waals surface area (Å²) in [6.45, 7) is 0. The van der Waals surface area contributed by atoms with Crippen molar-refractivity contribution in [3.05, 3.63) is 43.0 Å². The molecule has 3 heterocycles. The maximum absolute atomic E-state index is 4.27. The predicted molar refractivity (Wildman–Crippen MR) is 64.6 cm³/mol. The van der Waals surface area contributed by atoms with Gasteiger partial charge < -0.3 is 4.98 Å². The summed E-state index contributed by atoms with van der Waals surface area (Å²) < 4.78 is 1.94. The molecule has 0 spiro atoms. The normalized spacial score (nSPS) is 11.5. The first-order valence-corrected chi connectivity index (χ1v) is 5.36. The van der Waals surface area contributed by atoms with E-state index >= 15 is 0 Å². The molecule has 0 atom stereocenters. The van der Waals surface area contributed by atoms with Crippen molar-refractivity contribution in [2.24, 2.45) is 0 Å². The molecule has 5 nitrogen and oxygen atoms in total. The number of nitrogens with one attached hydrogen (secondary N) is 2. The molecular weight excluding hydrogens is 214 g/mol. The van der Waals surface area contributed by atoms with Crippen molar-refractivity contribution in [1.82, 2.24) is 24.6 Å². The Kier molecular flexibility index (Phi) is 1.50. The smallest absolute Gasteiger partial charge is 0.229 e. The van der Waals surface area contributed by atoms with Gasteiger partial charge in [0.15, 0.2) is 0 Å². The average Bonchev–Trinajstić information content (AvgIpc) is 3.02. The van der Waals surface area contributed by atoms with Gasteiger partial charge in [-0.05, 0) is 6.07 Å². The van der Waals surface area contributed by atoms with Crippen LogP contribution in [-0.4, -0.2) is 24.6 Å². The Labute approximate surface area is 96.1 Å². The van der Waals surface area contributed by atoms with Gasteiger partial charge in [0, 0.05) is 22.7 Å². The molecule has 2 N–H and O–H groups in total. The summed E-state index contributed by atoms with van der Waals surface area (Å²) >= 11 is 0. The minimum Gasteiger partial charge on any atom is -0.360 e. The molecule has 0 radical (unpaired) electrons. The van der Waals surface area contributed by atoms with Gasteiger partial charge in [-0.25, -0.2) is 10.1 Å². The van der Waals surface area contributed by atoms with Gasteiger partial charge >= 0.3 is 0 Å². The highest BCUT2D eigenvalue weighted by Gasteiger charge is 2.11. The van der Waals surface area contributed by atoms with Crippen LogP contribution in [0, 0.1) is 0 Å². The van der Waals surface area contributed by atoms with E-state index in [1.807, 2.05) is 28.9 Å². The van der Waals surface area contributed by atoms with Gasteiger partial charge in [-0.1, -0.05) is 18.2 Å². The second kappa shape index (κ2) is 2.98. The van der Waals surface area contributed by atoms with Crippen LogP contribution in [0.15, 0.2) is 43.0 Å². The van der Waals surface area contributed by atoms with Crippen LogP contribution in [-0.2, 0) is 0 Å². The van der Waals surface area contributed by atoms with Crippen molar-refractivity contribution < 1.29 is 0 Å². The first-order valence-electron chi connectivity index (χ1n) is 5.36. The Balaban J connectivity index is 2.09. The fraction of sp³-hybridized carbons (Fsp3) is 0. The number of benzene rings is 1. The standard InChI is InChI=1S/C12H9N5/c1-2-4-10-8(3-1)9(5-13-10)11-6-14-12-16-15-7-17(11)12/h1-7,13H,(H,14,16). The summed E-state index contributed by atoms with van der Waals surface area (Å²) in [6.07, 6.45) is 5.59. The fourth-order valence-corrected chi connectivity index (χ4v) is 2.19. The first-order chi connectivity index (χ1) is 8.43. The molecule has 5 heteroatoms. The largest absolute Gasteiger partial charge is 0.360 e. The lowest BCUT2D eigenvalue weighted by Gasteiger charge is -1.95. The maximum atomic E-state index is 4.27. The van der Waals surface area contributed by atoms with Gasteiger partial charge in [0.05, 0.1) is 11.9 Å². The summed E-state index contributed by atoms with van der Waals surface area (Å²) in [5.74, 6) is 0.755. The van der Waals surface area contributed by atoms with E-state index < -0.39 is 0 Å². The average molecular weight is 223 g/mol. The van der Waals surface area contributed by atoms with E-state index in [0.717, 1.165) is 22.6 Å². The van der Waals surface area contributed by atoms with E-state index in [2.05, 4.69) is 32.3 Å².